The standard InChI is InChI=1S/C23H20N4O2S/c1-15-4-3-5-19-22(15)30-23(24-19)25-21(29)11-10-16-6-8-17(9-7-16)14-20(28)18-12-13-27(2)26-18/h3-13H,14H2,1-2H3,(H,24,25,29)/b11-10+. The number of nitrogens with zero attached hydrogens (tertiary/aromatic N) is 3. The lowest BCUT2D eigenvalue weighted by atomic mass is 10.0. The first-order valence-corrected chi connectivity index (χ1v) is 10.3. The van der Waals surface area contributed by atoms with Gasteiger partial charge in [-0.3, -0.25) is 19.6 Å². The number of thiazole rings is 1. The van der Waals surface area contributed by atoms with Crippen LogP contribution in [-0.4, -0.2) is 26.5 Å². The van der Waals surface area contributed by atoms with Gasteiger partial charge >= 0.3 is 0 Å². The van der Waals surface area contributed by atoms with Crippen molar-refractivity contribution in [2.45, 2.75) is 13.3 Å². The highest BCUT2D eigenvalue weighted by Gasteiger charge is 2.10. The number of hydrogen-bond acceptors (Lipinski definition) is 5. The third-order valence-electron chi connectivity index (χ3n) is 4.61. The Morgan fingerprint density at radius 3 is 2.63 bits per heavy atom. The normalized spacial score (nSPS) is 11.3. The molecule has 7 heteroatoms. The number of hydrogen-bond donors (Lipinski definition) is 1. The van der Waals surface area contributed by atoms with Gasteiger partial charge in [-0.25, -0.2) is 4.98 Å². The molecule has 0 fully saturated rings. The lowest BCUT2D eigenvalue weighted by Crippen LogP contribution is -2.07. The Labute approximate surface area is 177 Å². The van der Waals surface area contributed by atoms with Gasteiger partial charge in [0.05, 0.1) is 10.2 Å². The molecule has 0 aliphatic rings. The highest BCUT2D eigenvalue weighted by Crippen LogP contribution is 2.28. The Balaban J connectivity index is 1.36. The molecule has 2 heterocycles. The minimum absolute atomic E-state index is 0.0238. The van der Waals surface area contributed by atoms with Crippen LogP contribution < -0.4 is 5.32 Å². The first kappa shape index (κ1) is 19.7. The van der Waals surface area contributed by atoms with Crippen molar-refractivity contribution in [2.24, 2.45) is 7.05 Å². The van der Waals surface area contributed by atoms with Gasteiger partial charge in [0.25, 0.3) is 0 Å². The van der Waals surface area contributed by atoms with Crippen molar-refractivity contribution in [1.82, 2.24) is 14.8 Å². The number of benzene rings is 2. The lowest BCUT2D eigenvalue weighted by Gasteiger charge is -2.00. The van der Waals surface area contributed by atoms with Crippen molar-refractivity contribution in [3.8, 4) is 0 Å². The number of amides is 1. The van der Waals surface area contributed by atoms with Gasteiger partial charge in [0.2, 0.25) is 5.91 Å². The minimum Gasteiger partial charge on any atom is -0.298 e. The highest BCUT2D eigenvalue weighted by molar-refractivity contribution is 7.22. The van der Waals surface area contributed by atoms with Crippen LogP contribution in [0.5, 0.6) is 0 Å². The number of anilines is 1. The smallest absolute Gasteiger partial charge is 0.250 e. The van der Waals surface area contributed by atoms with E-state index in [2.05, 4.69) is 15.4 Å². The van der Waals surface area contributed by atoms with Gasteiger partial charge in [-0.15, -0.1) is 0 Å². The van der Waals surface area contributed by atoms with Crippen LogP contribution in [-0.2, 0) is 18.3 Å². The topological polar surface area (TPSA) is 76.9 Å². The molecule has 0 unspecified atom stereocenters. The van der Waals surface area contributed by atoms with Gasteiger partial charge in [0.15, 0.2) is 10.9 Å². The maximum absolute atomic E-state index is 12.2. The van der Waals surface area contributed by atoms with Crippen molar-refractivity contribution in [3.63, 3.8) is 0 Å². The number of aromatic nitrogens is 3. The number of Topliss-reactive ketones (excluding diaryl/α,β-unsaturated/α-hetero) is 1. The summed E-state index contributed by atoms with van der Waals surface area (Å²) in [6.07, 6.45) is 5.26. The van der Waals surface area contributed by atoms with Crippen LogP contribution in [0.4, 0.5) is 5.13 Å². The summed E-state index contributed by atoms with van der Waals surface area (Å²) in [5, 5.41) is 7.53. The maximum Gasteiger partial charge on any atom is 0.250 e. The molecule has 1 amide bonds. The molecule has 2 aromatic carbocycles. The molecule has 0 saturated heterocycles. The van der Waals surface area contributed by atoms with Crippen LogP contribution in [0.3, 0.4) is 0 Å². The van der Waals surface area contributed by atoms with E-state index in [9.17, 15) is 9.59 Å². The van der Waals surface area contributed by atoms with Gasteiger partial charge in [-0.1, -0.05) is 47.7 Å². The molecule has 0 aliphatic heterocycles. The van der Waals surface area contributed by atoms with Crippen molar-refractivity contribution in [2.75, 3.05) is 5.32 Å². The fourth-order valence-corrected chi connectivity index (χ4v) is 3.98. The van der Waals surface area contributed by atoms with Gasteiger partial charge < -0.3 is 0 Å². The number of carbonyl (C=O) groups is 2. The largest absolute Gasteiger partial charge is 0.298 e. The summed E-state index contributed by atoms with van der Waals surface area (Å²) in [5.41, 5.74) is 4.26. The molecule has 0 bridgehead atoms. The molecule has 30 heavy (non-hydrogen) atoms. The van der Waals surface area contributed by atoms with Crippen LogP contribution in [0.15, 0.2) is 60.8 Å². The van der Waals surface area contributed by atoms with Crippen LogP contribution in [0.25, 0.3) is 16.3 Å². The zero-order valence-corrected chi connectivity index (χ0v) is 17.4. The average molecular weight is 417 g/mol. The van der Waals surface area contributed by atoms with Gasteiger partial charge in [0, 0.05) is 25.7 Å². The first-order chi connectivity index (χ1) is 14.5. The molecule has 150 valence electrons. The summed E-state index contributed by atoms with van der Waals surface area (Å²) in [6.45, 7) is 2.03. The second kappa shape index (κ2) is 8.42. The van der Waals surface area contributed by atoms with Crippen LogP contribution in [0, 0.1) is 6.92 Å². The molecule has 1 N–H and O–H groups in total. The Morgan fingerprint density at radius 1 is 1.13 bits per heavy atom. The summed E-state index contributed by atoms with van der Waals surface area (Å²) in [6, 6.07) is 15.2. The van der Waals surface area contributed by atoms with E-state index in [1.54, 1.807) is 30.1 Å². The molecule has 4 rings (SSSR count). The molecular formula is C23H20N4O2S. The molecular weight excluding hydrogens is 396 g/mol. The van der Waals surface area contributed by atoms with E-state index in [-0.39, 0.29) is 11.7 Å². The third-order valence-corrected chi connectivity index (χ3v) is 5.73. The molecule has 6 nitrogen and oxygen atoms in total. The Bertz CT molecular complexity index is 1250. The van der Waals surface area contributed by atoms with Gasteiger partial charge in [0.1, 0.15) is 5.69 Å². The fourth-order valence-electron chi connectivity index (χ4n) is 3.05. The summed E-state index contributed by atoms with van der Waals surface area (Å²) < 4.78 is 2.69. The summed E-state index contributed by atoms with van der Waals surface area (Å²) in [4.78, 5) is 28.9. The zero-order chi connectivity index (χ0) is 21.1. The van der Waals surface area contributed by atoms with E-state index in [0.717, 1.165) is 26.9 Å². The number of rotatable bonds is 6. The van der Waals surface area contributed by atoms with E-state index in [1.165, 1.54) is 17.4 Å². The van der Waals surface area contributed by atoms with E-state index in [0.29, 0.717) is 17.2 Å². The van der Waals surface area contributed by atoms with E-state index in [1.807, 2.05) is 49.4 Å². The summed E-state index contributed by atoms with van der Waals surface area (Å²) >= 11 is 1.47. The molecule has 0 spiro atoms. The zero-order valence-electron chi connectivity index (χ0n) is 16.6. The fraction of sp³-hybridized carbons (Fsp3) is 0.130. The van der Waals surface area contributed by atoms with Crippen molar-refractivity contribution in [1.29, 1.82) is 0 Å². The highest BCUT2D eigenvalue weighted by atomic mass is 32.1. The SMILES string of the molecule is Cc1cccc2nc(NC(=O)/C=C/c3ccc(CC(=O)c4ccn(C)n4)cc3)sc12. The van der Waals surface area contributed by atoms with E-state index >= 15 is 0 Å². The van der Waals surface area contributed by atoms with Crippen molar-refractivity contribution in [3.05, 3.63) is 83.2 Å². The molecule has 4 aromatic rings. The molecule has 0 aliphatic carbocycles. The summed E-state index contributed by atoms with van der Waals surface area (Å²) in [5.74, 6) is -0.259. The monoisotopic (exact) mass is 416 g/mol. The van der Waals surface area contributed by atoms with Gasteiger partial charge in [-0.05, 0) is 41.8 Å². The maximum atomic E-state index is 12.2. The number of fused-ring (bicyclic) bond motifs is 1. The Kier molecular flexibility index (Phi) is 5.54. The number of carbonyl (C=O) groups excluding carboxylic acids is 2. The van der Waals surface area contributed by atoms with E-state index in [4.69, 9.17) is 0 Å². The lowest BCUT2D eigenvalue weighted by molar-refractivity contribution is -0.111. The van der Waals surface area contributed by atoms with Crippen LogP contribution in [0.2, 0.25) is 0 Å². The number of nitrogens with one attached hydrogen (secondary N) is 1. The van der Waals surface area contributed by atoms with Crippen LogP contribution in [0.1, 0.15) is 27.2 Å². The van der Waals surface area contributed by atoms with Gasteiger partial charge in [-0.2, -0.15) is 5.10 Å². The predicted molar refractivity (Wildman–Crippen MR) is 120 cm³/mol. The molecule has 0 atom stereocenters. The molecule has 0 saturated carbocycles. The van der Waals surface area contributed by atoms with Crippen molar-refractivity contribution < 1.29 is 9.59 Å². The number of aryl methyl sites for hydroxylation is 2. The Hall–Kier alpha value is -3.58. The van der Waals surface area contributed by atoms with Crippen LogP contribution >= 0.6 is 11.3 Å². The quantitative estimate of drug-likeness (QED) is 0.373. The van der Waals surface area contributed by atoms with Crippen molar-refractivity contribution >= 4 is 44.5 Å². The second-order valence-electron chi connectivity index (χ2n) is 6.98. The third kappa shape index (κ3) is 4.52. The first-order valence-electron chi connectivity index (χ1n) is 9.45. The van der Waals surface area contributed by atoms with E-state index < -0.39 is 0 Å². The molecule has 0 radical (unpaired) electrons. The molecule has 2 aromatic heterocycles. The average Bonchev–Trinajstić information content (AvgIpc) is 3.34. The Morgan fingerprint density at radius 2 is 1.93 bits per heavy atom. The number of ketones is 1. The predicted octanol–water partition coefficient (Wildman–Crippen LogP) is 4.42. The minimum atomic E-state index is -0.235. The summed E-state index contributed by atoms with van der Waals surface area (Å²) in [7, 11) is 1.78. The second-order valence-corrected chi connectivity index (χ2v) is 7.98.